The fourth-order valence-electron chi connectivity index (χ4n) is 1.29. The Labute approximate surface area is 95.3 Å². The fraction of sp³-hybridized carbons (Fsp3) is 0.500. The molecule has 0 unspecified atom stereocenters. The lowest BCUT2D eigenvalue weighted by molar-refractivity contribution is 0.0696. The first-order valence-corrected chi connectivity index (χ1v) is 5.41. The molecule has 4 heteroatoms. The van der Waals surface area contributed by atoms with Crippen LogP contribution in [-0.2, 0) is 0 Å². The molecule has 16 heavy (non-hydrogen) atoms. The predicted molar refractivity (Wildman–Crippen MR) is 60.8 cm³/mol. The molecule has 0 aliphatic carbocycles. The Morgan fingerprint density at radius 2 is 2.31 bits per heavy atom. The van der Waals surface area contributed by atoms with Gasteiger partial charge in [0.05, 0.1) is 12.2 Å². The molecule has 1 N–H and O–H groups in total. The van der Waals surface area contributed by atoms with Gasteiger partial charge in [-0.15, -0.1) is 0 Å². The summed E-state index contributed by atoms with van der Waals surface area (Å²) in [4.78, 5) is 14.6. The van der Waals surface area contributed by atoms with Crippen LogP contribution in [-0.4, -0.2) is 22.7 Å². The third-order valence-electron chi connectivity index (χ3n) is 2.16. The number of rotatable bonds is 6. The molecule has 0 aliphatic heterocycles. The lowest BCUT2D eigenvalue weighted by atomic mass is 10.1. The number of aromatic carboxylic acids is 1. The standard InChI is InChI=1S/C12H17NO3/c1-9(2)4-3-7-16-11-8-10(12(14)15)5-6-13-11/h5-6,8-9H,3-4,7H2,1-2H3,(H,14,15). The predicted octanol–water partition coefficient (Wildman–Crippen LogP) is 2.59. The monoisotopic (exact) mass is 223 g/mol. The lowest BCUT2D eigenvalue weighted by Crippen LogP contribution is -2.03. The molecule has 0 spiro atoms. The van der Waals surface area contributed by atoms with Crippen molar-refractivity contribution in [2.75, 3.05) is 6.61 Å². The molecule has 0 aliphatic rings. The molecule has 0 aromatic carbocycles. The van der Waals surface area contributed by atoms with Crippen LogP contribution < -0.4 is 4.74 Å². The molecule has 1 rings (SSSR count). The van der Waals surface area contributed by atoms with Gasteiger partial charge in [-0.1, -0.05) is 13.8 Å². The number of nitrogens with zero attached hydrogens (tertiary/aromatic N) is 1. The van der Waals surface area contributed by atoms with Crippen molar-refractivity contribution in [2.45, 2.75) is 26.7 Å². The van der Waals surface area contributed by atoms with Crippen LogP contribution in [0.4, 0.5) is 0 Å². The molecule has 0 saturated heterocycles. The summed E-state index contributed by atoms with van der Waals surface area (Å²) < 4.78 is 5.37. The van der Waals surface area contributed by atoms with E-state index in [1.807, 2.05) is 0 Å². The number of hydrogen-bond acceptors (Lipinski definition) is 3. The quantitative estimate of drug-likeness (QED) is 0.753. The van der Waals surface area contributed by atoms with Crippen molar-refractivity contribution in [3.63, 3.8) is 0 Å². The van der Waals surface area contributed by atoms with Gasteiger partial charge in [0.25, 0.3) is 0 Å². The van der Waals surface area contributed by atoms with Crippen LogP contribution in [0.25, 0.3) is 0 Å². The summed E-state index contributed by atoms with van der Waals surface area (Å²) in [7, 11) is 0. The van der Waals surface area contributed by atoms with Crippen molar-refractivity contribution in [3.8, 4) is 5.88 Å². The molecule has 1 heterocycles. The van der Waals surface area contributed by atoms with Gasteiger partial charge in [-0.25, -0.2) is 9.78 Å². The Morgan fingerprint density at radius 1 is 1.56 bits per heavy atom. The fourth-order valence-corrected chi connectivity index (χ4v) is 1.29. The number of ether oxygens (including phenoxy) is 1. The van der Waals surface area contributed by atoms with E-state index in [-0.39, 0.29) is 5.56 Å². The normalized spacial score (nSPS) is 10.4. The van der Waals surface area contributed by atoms with Crippen molar-refractivity contribution < 1.29 is 14.6 Å². The lowest BCUT2D eigenvalue weighted by Gasteiger charge is -2.07. The zero-order valence-electron chi connectivity index (χ0n) is 9.64. The summed E-state index contributed by atoms with van der Waals surface area (Å²) in [5, 5.41) is 8.77. The summed E-state index contributed by atoms with van der Waals surface area (Å²) in [5.74, 6) is 0.0694. The van der Waals surface area contributed by atoms with E-state index in [9.17, 15) is 4.79 Å². The Balaban J connectivity index is 2.42. The third kappa shape index (κ3) is 4.29. The van der Waals surface area contributed by atoms with Crippen molar-refractivity contribution in [1.29, 1.82) is 0 Å². The number of carboxylic acid groups (broad SMARTS) is 1. The summed E-state index contributed by atoms with van der Waals surface area (Å²) in [5.41, 5.74) is 0.203. The highest BCUT2D eigenvalue weighted by Crippen LogP contribution is 2.10. The second-order valence-electron chi connectivity index (χ2n) is 4.07. The van der Waals surface area contributed by atoms with Gasteiger partial charge in [0, 0.05) is 12.3 Å². The molecule has 0 radical (unpaired) electrons. The van der Waals surface area contributed by atoms with E-state index in [1.165, 1.54) is 18.3 Å². The highest BCUT2D eigenvalue weighted by atomic mass is 16.5. The van der Waals surface area contributed by atoms with Gasteiger partial charge < -0.3 is 9.84 Å². The molecule has 0 atom stereocenters. The van der Waals surface area contributed by atoms with E-state index in [2.05, 4.69) is 18.8 Å². The smallest absolute Gasteiger partial charge is 0.335 e. The van der Waals surface area contributed by atoms with Crippen molar-refractivity contribution in [2.24, 2.45) is 5.92 Å². The summed E-state index contributed by atoms with van der Waals surface area (Å²) in [6, 6.07) is 2.89. The van der Waals surface area contributed by atoms with Crippen LogP contribution in [0, 0.1) is 5.92 Å². The highest BCUT2D eigenvalue weighted by Gasteiger charge is 2.04. The Morgan fingerprint density at radius 3 is 2.94 bits per heavy atom. The average Bonchev–Trinajstić information content (AvgIpc) is 2.24. The summed E-state index contributed by atoms with van der Waals surface area (Å²) in [6.45, 7) is 4.89. The van der Waals surface area contributed by atoms with Gasteiger partial charge in [0.2, 0.25) is 5.88 Å². The van der Waals surface area contributed by atoms with Crippen LogP contribution in [0.2, 0.25) is 0 Å². The van der Waals surface area contributed by atoms with Gasteiger partial charge in [-0.2, -0.15) is 0 Å². The Bertz CT molecular complexity index is 350. The average molecular weight is 223 g/mol. The molecule has 88 valence electrons. The summed E-state index contributed by atoms with van der Waals surface area (Å²) >= 11 is 0. The molecule has 0 fully saturated rings. The van der Waals surface area contributed by atoms with Gasteiger partial charge >= 0.3 is 5.97 Å². The zero-order valence-corrected chi connectivity index (χ0v) is 9.64. The first kappa shape index (κ1) is 12.5. The number of pyridine rings is 1. The zero-order chi connectivity index (χ0) is 12.0. The minimum atomic E-state index is -0.963. The van der Waals surface area contributed by atoms with E-state index in [0.29, 0.717) is 18.4 Å². The summed E-state index contributed by atoms with van der Waals surface area (Å²) in [6.07, 6.45) is 3.50. The van der Waals surface area contributed by atoms with E-state index in [1.54, 1.807) is 0 Å². The van der Waals surface area contributed by atoms with Crippen LogP contribution in [0.1, 0.15) is 37.0 Å². The van der Waals surface area contributed by atoms with E-state index in [0.717, 1.165) is 12.8 Å². The number of aromatic nitrogens is 1. The van der Waals surface area contributed by atoms with Crippen LogP contribution in [0.5, 0.6) is 5.88 Å². The molecule has 1 aromatic heterocycles. The van der Waals surface area contributed by atoms with E-state index < -0.39 is 5.97 Å². The second-order valence-corrected chi connectivity index (χ2v) is 4.07. The van der Waals surface area contributed by atoms with Gasteiger partial charge in [-0.3, -0.25) is 0 Å². The molecule has 1 aromatic rings. The molecular weight excluding hydrogens is 206 g/mol. The molecule has 0 amide bonds. The number of carboxylic acids is 1. The number of hydrogen-bond donors (Lipinski definition) is 1. The largest absolute Gasteiger partial charge is 0.478 e. The maximum Gasteiger partial charge on any atom is 0.335 e. The second kappa shape index (κ2) is 6.10. The van der Waals surface area contributed by atoms with Crippen molar-refractivity contribution >= 4 is 5.97 Å². The SMILES string of the molecule is CC(C)CCCOc1cc(C(=O)O)ccn1. The van der Waals surface area contributed by atoms with Crippen LogP contribution in [0.3, 0.4) is 0 Å². The highest BCUT2D eigenvalue weighted by molar-refractivity contribution is 5.87. The topological polar surface area (TPSA) is 59.4 Å². The molecule has 4 nitrogen and oxygen atoms in total. The maximum atomic E-state index is 10.7. The van der Waals surface area contributed by atoms with Gasteiger partial charge in [0.15, 0.2) is 0 Å². The Kier molecular flexibility index (Phi) is 4.76. The van der Waals surface area contributed by atoms with Crippen LogP contribution >= 0.6 is 0 Å². The minimum absolute atomic E-state index is 0.203. The number of carbonyl (C=O) groups is 1. The first-order valence-electron chi connectivity index (χ1n) is 5.41. The molecule has 0 bridgehead atoms. The van der Waals surface area contributed by atoms with E-state index >= 15 is 0 Å². The van der Waals surface area contributed by atoms with Crippen LogP contribution in [0.15, 0.2) is 18.3 Å². The van der Waals surface area contributed by atoms with Gasteiger partial charge in [-0.05, 0) is 24.8 Å². The van der Waals surface area contributed by atoms with E-state index in [4.69, 9.17) is 9.84 Å². The van der Waals surface area contributed by atoms with Crippen molar-refractivity contribution in [1.82, 2.24) is 4.98 Å². The third-order valence-corrected chi connectivity index (χ3v) is 2.16. The van der Waals surface area contributed by atoms with Gasteiger partial charge in [0.1, 0.15) is 0 Å². The van der Waals surface area contributed by atoms with Crippen molar-refractivity contribution in [3.05, 3.63) is 23.9 Å². The maximum absolute atomic E-state index is 10.7. The molecule has 0 saturated carbocycles. The molecular formula is C12H17NO3. The Hall–Kier alpha value is -1.58. The minimum Gasteiger partial charge on any atom is -0.478 e. The first-order chi connectivity index (χ1) is 7.59.